The van der Waals surface area contributed by atoms with E-state index in [1.165, 1.54) is 31.6 Å². The zero-order valence-corrected chi connectivity index (χ0v) is 19.7. The Balaban J connectivity index is 1.56. The smallest absolute Gasteiger partial charge is 0.163 e. The highest BCUT2D eigenvalue weighted by Crippen LogP contribution is 2.36. The fourth-order valence-corrected chi connectivity index (χ4v) is 4.76. The number of hydrogen-bond donors (Lipinski definition) is 1. The molecule has 5 nitrogen and oxygen atoms in total. The molecule has 0 spiro atoms. The second-order valence-corrected chi connectivity index (χ2v) is 8.61. The average Bonchev–Trinajstić information content (AvgIpc) is 3.31. The molecule has 0 saturated carbocycles. The molecule has 0 fully saturated rings. The zero-order chi connectivity index (χ0) is 24.2. The molecule has 1 N–H and O–H groups in total. The van der Waals surface area contributed by atoms with Crippen LogP contribution in [-0.4, -0.2) is 30.1 Å². The normalized spacial score (nSPS) is 11.9. The summed E-state index contributed by atoms with van der Waals surface area (Å²) in [5.74, 6) is 0.609. The van der Waals surface area contributed by atoms with E-state index in [1.807, 2.05) is 17.5 Å². The van der Waals surface area contributed by atoms with Crippen LogP contribution in [0, 0.1) is 5.82 Å². The van der Waals surface area contributed by atoms with Crippen molar-refractivity contribution >= 4 is 33.3 Å². The number of halogens is 1. The monoisotopic (exact) mass is 477 g/mol. The lowest BCUT2D eigenvalue weighted by molar-refractivity contribution is 0.0937. The predicted octanol–water partition coefficient (Wildman–Crippen LogP) is 6.46. The third-order valence-corrected chi connectivity index (χ3v) is 6.63. The Morgan fingerprint density at radius 1 is 1.18 bits per heavy atom. The number of pyridine rings is 1. The van der Waals surface area contributed by atoms with Crippen LogP contribution >= 0.6 is 11.3 Å². The maximum Gasteiger partial charge on any atom is 0.163 e. The Morgan fingerprint density at radius 3 is 2.71 bits per heavy atom. The number of ketones is 1. The van der Waals surface area contributed by atoms with Crippen LogP contribution in [0.1, 0.15) is 40.6 Å². The summed E-state index contributed by atoms with van der Waals surface area (Å²) in [5.41, 5.74) is 3.10. The number of ether oxygens (including phenoxy) is 2. The van der Waals surface area contributed by atoms with Gasteiger partial charge in [0, 0.05) is 28.3 Å². The van der Waals surface area contributed by atoms with Crippen molar-refractivity contribution in [3.8, 4) is 22.8 Å². The van der Waals surface area contributed by atoms with E-state index < -0.39 is 6.10 Å². The van der Waals surface area contributed by atoms with Gasteiger partial charge in [0.1, 0.15) is 5.82 Å². The van der Waals surface area contributed by atoms with Gasteiger partial charge in [0.15, 0.2) is 17.3 Å². The first-order chi connectivity index (χ1) is 16.4. The van der Waals surface area contributed by atoms with E-state index in [0.717, 1.165) is 16.5 Å². The van der Waals surface area contributed by atoms with E-state index in [1.54, 1.807) is 36.4 Å². The van der Waals surface area contributed by atoms with E-state index in [-0.39, 0.29) is 24.4 Å². The molecule has 34 heavy (non-hydrogen) atoms. The van der Waals surface area contributed by atoms with Crippen LogP contribution < -0.4 is 9.47 Å². The molecule has 1 unspecified atom stereocenters. The molecule has 0 amide bonds. The minimum atomic E-state index is -0.954. The molecule has 1 atom stereocenters. The van der Waals surface area contributed by atoms with Crippen molar-refractivity contribution in [1.82, 2.24) is 4.98 Å². The standard InChI is InChI=1S/C27H24FNO4S/c1-4-16-12-21(19-15-34-27-18(19)6-5-7-20(27)28)29-22(13-16)24(31)10-9-23(30)17-8-11-25(32-2)26(14-17)33-3/h4-8,11-15,24,31H,1,9-10H2,2-3H3. The highest BCUT2D eigenvalue weighted by atomic mass is 32.1. The van der Waals surface area contributed by atoms with Gasteiger partial charge < -0.3 is 14.6 Å². The fraction of sp³-hybridized carbons (Fsp3) is 0.185. The van der Waals surface area contributed by atoms with Crippen molar-refractivity contribution in [2.24, 2.45) is 0 Å². The predicted molar refractivity (Wildman–Crippen MR) is 133 cm³/mol. The molecule has 174 valence electrons. The average molecular weight is 478 g/mol. The van der Waals surface area contributed by atoms with Crippen molar-refractivity contribution in [3.63, 3.8) is 0 Å². The van der Waals surface area contributed by atoms with Gasteiger partial charge in [-0.15, -0.1) is 11.3 Å². The number of nitrogens with zero attached hydrogens (tertiary/aromatic N) is 1. The van der Waals surface area contributed by atoms with Gasteiger partial charge in [-0.1, -0.05) is 24.8 Å². The van der Waals surface area contributed by atoms with Gasteiger partial charge in [-0.25, -0.2) is 9.37 Å². The Bertz CT molecular complexity index is 1360. The fourth-order valence-electron chi connectivity index (χ4n) is 3.79. The first-order valence-electron chi connectivity index (χ1n) is 10.7. The van der Waals surface area contributed by atoms with Crippen molar-refractivity contribution in [1.29, 1.82) is 0 Å². The molecule has 0 saturated heterocycles. The van der Waals surface area contributed by atoms with Gasteiger partial charge in [-0.2, -0.15) is 0 Å². The van der Waals surface area contributed by atoms with Crippen LogP contribution in [0.25, 0.3) is 27.4 Å². The number of hydrogen-bond acceptors (Lipinski definition) is 6. The minimum absolute atomic E-state index is 0.124. The number of aliphatic hydroxyl groups excluding tert-OH is 1. The van der Waals surface area contributed by atoms with Gasteiger partial charge in [0.05, 0.1) is 36.4 Å². The molecule has 0 aliphatic carbocycles. The van der Waals surface area contributed by atoms with Gasteiger partial charge in [0.25, 0.3) is 0 Å². The molecule has 4 aromatic rings. The molecule has 7 heteroatoms. The third kappa shape index (κ3) is 4.71. The van der Waals surface area contributed by atoms with Crippen LogP contribution in [0.15, 0.2) is 60.5 Å². The number of methoxy groups -OCH3 is 2. The SMILES string of the molecule is C=Cc1cc(-c2csc3c(F)cccc23)nc(C(O)CCC(=O)c2ccc(OC)c(OC)c2)c1. The summed E-state index contributed by atoms with van der Waals surface area (Å²) >= 11 is 1.31. The largest absolute Gasteiger partial charge is 0.493 e. The van der Waals surface area contributed by atoms with Crippen molar-refractivity contribution < 1.29 is 23.8 Å². The second-order valence-electron chi connectivity index (χ2n) is 7.73. The van der Waals surface area contributed by atoms with Crippen LogP contribution in [0.5, 0.6) is 11.5 Å². The van der Waals surface area contributed by atoms with Crippen LogP contribution in [-0.2, 0) is 0 Å². The summed E-state index contributed by atoms with van der Waals surface area (Å²) in [6.07, 6.45) is 1.03. The molecule has 2 aromatic carbocycles. The lowest BCUT2D eigenvalue weighted by atomic mass is 10.0. The summed E-state index contributed by atoms with van der Waals surface area (Å²) in [6, 6.07) is 13.5. The number of aromatic nitrogens is 1. The molecule has 0 bridgehead atoms. The number of rotatable bonds is 9. The van der Waals surface area contributed by atoms with Gasteiger partial charge in [-0.05, 0) is 48.4 Å². The third-order valence-electron chi connectivity index (χ3n) is 5.62. The number of aliphatic hydroxyl groups is 1. The van der Waals surface area contributed by atoms with E-state index in [0.29, 0.717) is 33.2 Å². The zero-order valence-electron chi connectivity index (χ0n) is 18.9. The number of fused-ring (bicyclic) bond motifs is 1. The van der Waals surface area contributed by atoms with E-state index >= 15 is 0 Å². The van der Waals surface area contributed by atoms with Gasteiger partial charge >= 0.3 is 0 Å². The summed E-state index contributed by atoms with van der Waals surface area (Å²) in [6.45, 7) is 3.83. The quantitative estimate of drug-likeness (QED) is 0.280. The van der Waals surface area contributed by atoms with Gasteiger partial charge in [0.2, 0.25) is 0 Å². The lowest BCUT2D eigenvalue weighted by Gasteiger charge is -2.13. The molecule has 0 aliphatic rings. The number of Topliss-reactive ketones (excluding diaryl/α,β-unsaturated/α-hetero) is 1. The summed E-state index contributed by atoms with van der Waals surface area (Å²) in [7, 11) is 3.04. The molecular formula is C27H24FNO4S. The number of carbonyl (C=O) groups excluding carboxylic acids is 1. The maximum absolute atomic E-state index is 14.2. The molecular weight excluding hydrogens is 453 g/mol. The van der Waals surface area contributed by atoms with Crippen molar-refractivity contribution in [2.75, 3.05) is 14.2 Å². The van der Waals surface area contributed by atoms with Crippen LogP contribution in [0.4, 0.5) is 4.39 Å². The lowest BCUT2D eigenvalue weighted by Crippen LogP contribution is -2.07. The molecule has 4 rings (SSSR count). The number of carbonyl (C=O) groups is 1. The summed E-state index contributed by atoms with van der Waals surface area (Å²) in [5, 5.41) is 13.5. The van der Waals surface area contributed by atoms with Crippen LogP contribution in [0.3, 0.4) is 0 Å². The van der Waals surface area contributed by atoms with Gasteiger partial charge in [-0.3, -0.25) is 4.79 Å². The van der Waals surface area contributed by atoms with E-state index in [2.05, 4.69) is 11.6 Å². The molecule has 0 aliphatic heterocycles. The topological polar surface area (TPSA) is 68.7 Å². The highest BCUT2D eigenvalue weighted by Gasteiger charge is 2.18. The molecule has 2 aromatic heterocycles. The number of thiophene rings is 1. The maximum atomic E-state index is 14.2. The highest BCUT2D eigenvalue weighted by molar-refractivity contribution is 7.17. The Morgan fingerprint density at radius 2 is 1.97 bits per heavy atom. The van der Waals surface area contributed by atoms with E-state index in [9.17, 15) is 14.3 Å². The minimum Gasteiger partial charge on any atom is -0.493 e. The summed E-state index contributed by atoms with van der Waals surface area (Å²) < 4.78 is 25.2. The van der Waals surface area contributed by atoms with Crippen molar-refractivity contribution in [3.05, 3.63) is 83.1 Å². The summed E-state index contributed by atoms with van der Waals surface area (Å²) in [4.78, 5) is 17.4. The first kappa shape index (κ1) is 23.6. The Labute approximate surface area is 201 Å². The van der Waals surface area contributed by atoms with E-state index in [4.69, 9.17) is 9.47 Å². The second kappa shape index (κ2) is 10.2. The molecule has 0 radical (unpaired) electrons. The molecule has 2 heterocycles. The Kier molecular flexibility index (Phi) is 7.05. The van der Waals surface area contributed by atoms with Crippen LogP contribution in [0.2, 0.25) is 0 Å². The van der Waals surface area contributed by atoms with Crippen molar-refractivity contribution in [2.45, 2.75) is 18.9 Å². The number of benzene rings is 2. The first-order valence-corrected chi connectivity index (χ1v) is 11.6. The Hall–Kier alpha value is -3.55.